The molecule has 2 aromatic rings. The first-order valence-electron chi connectivity index (χ1n) is 7.61. The second-order valence-corrected chi connectivity index (χ2v) is 5.67. The van der Waals surface area contributed by atoms with Gasteiger partial charge >= 0.3 is 0 Å². The summed E-state index contributed by atoms with van der Waals surface area (Å²) in [4.78, 5) is 14.4. The number of aryl methyl sites for hydroxylation is 2. The number of para-hydroxylation sites is 1. The molecule has 0 atom stereocenters. The van der Waals surface area contributed by atoms with E-state index in [1.54, 1.807) is 12.1 Å². The van der Waals surface area contributed by atoms with Crippen molar-refractivity contribution in [2.75, 3.05) is 17.2 Å². The van der Waals surface area contributed by atoms with Crippen LogP contribution in [0.1, 0.15) is 24.0 Å². The minimum atomic E-state index is 0.0834. The molecule has 1 aliphatic heterocycles. The third-order valence-corrected chi connectivity index (χ3v) is 4.13. The number of nitrogen functional groups attached to an aromatic ring is 1. The number of amides is 1. The average molecular weight is 296 g/mol. The second kappa shape index (κ2) is 6.10. The first kappa shape index (κ1) is 14.4. The van der Waals surface area contributed by atoms with Gasteiger partial charge in [-0.05, 0) is 48.6 Å². The third kappa shape index (κ3) is 2.91. The van der Waals surface area contributed by atoms with E-state index in [-0.39, 0.29) is 11.7 Å². The summed E-state index contributed by atoms with van der Waals surface area (Å²) in [5.41, 5.74) is 9.30. The minimum Gasteiger partial charge on any atom is -0.506 e. The molecule has 1 aliphatic rings. The number of hydrogen-bond acceptors (Lipinski definition) is 3. The lowest BCUT2D eigenvalue weighted by molar-refractivity contribution is -0.118. The van der Waals surface area contributed by atoms with Crippen LogP contribution in [0.5, 0.6) is 5.75 Å². The lowest BCUT2D eigenvalue weighted by atomic mass is 10.0. The number of phenolic OH excluding ortho intramolecular Hbond substituents is 1. The SMILES string of the molecule is Nc1cc(CCC(=O)N2CCCc3ccccc32)ccc1O. The summed E-state index contributed by atoms with van der Waals surface area (Å²) in [5, 5.41) is 9.43. The molecule has 0 aromatic heterocycles. The Labute approximate surface area is 130 Å². The number of fused-ring (bicyclic) bond motifs is 1. The number of nitrogens with two attached hydrogens (primary N) is 1. The Morgan fingerprint density at radius 2 is 2.05 bits per heavy atom. The van der Waals surface area contributed by atoms with Crippen molar-refractivity contribution in [2.24, 2.45) is 0 Å². The molecule has 0 aliphatic carbocycles. The highest BCUT2D eigenvalue weighted by atomic mass is 16.3. The molecule has 4 heteroatoms. The van der Waals surface area contributed by atoms with Crippen LogP contribution in [0.2, 0.25) is 0 Å². The van der Waals surface area contributed by atoms with E-state index in [0.29, 0.717) is 18.5 Å². The zero-order chi connectivity index (χ0) is 15.5. The Morgan fingerprint density at radius 3 is 2.86 bits per heavy atom. The van der Waals surface area contributed by atoms with Gasteiger partial charge in [0.2, 0.25) is 5.91 Å². The largest absolute Gasteiger partial charge is 0.506 e. The number of carbonyl (C=O) groups is 1. The van der Waals surface area contributed by atoms with Crippen LogP contribution < -0.4 is 10.6 Å². The van der Waals surface area contributed by atoms with Gasteiger partial charge in [0.25, 0.3) is 0 Å². The van der Waals surface area contributed by atoms with Crippen LogP contribution in [-0.2, 0) is 17.6 Å². The number of rotatable bonds is 3. The van der Waals surface area contributed by atoms with Gasteiger partial charge in [0.15, 0.2) is 0 Å². The first-order valence-corrected chi connectivity index (χ1v) is 7.61. The molecule has 3 N–H and O–H groups in total. The van der Waals surface area contributed by atoms with E-state index in [4.69, 9.17) is 5.73 Å². The fourth-order valence-electron chi connectivity index (χ4n) is 2.94. The van der Waals surface area contributed by atoms with Crippen LogP contribution in [0.15, 0.2) is 42.5 Å². The number of benzene rings is 2. The van der Waals surface area contributed by atoms with Crippen molar-refractivity contribution in [1.82, 2.24) is 0 Å². The summed E-state index contributed by atoms with van der Waals surface area (Å²) in [6.07, 6.45) is 3.11. The molecule has 4 nitrogen and oxygen atoms in total. The van der Waals surface area contributed by atoms with Crippen molar-refractivity contribution in [3.8, 4) is 5.75 Å². The van der Waals surface area contributed by atoms with Crippen molar-refractivity contribution >= 4 is 17.3 Å². The van der Waals surface area contributed by atoms with E-state index in [1.807, 2.05) is 29.2 Å². The second-order valence-electron chi connectivity index (χ2n) is 5.67. The van der Waals surface area contributed by atoms with E-state index in [2.05, 4.69) is 6.07 Å². The standard InChI is InChI=1S/C18H20N2O2/c19-15-12-13(7-9-17(15)21)8-10-18(22)20-11-3-5-14-4-1-2-6-16(14)20/h1-2,4,6-7,9,12,21H,3,5,8,10-11,19H2. The predicted octanol–water partition coefficient (Wildman–Crippen LogP) is 2.89. The maximum atomic E-state index is 12.5. The lowest BCUT2D eigenvalue weighted by Crippen LogP contribution is -2.35. The highest BCUT2D eigenvalue weighted by Crippen LogP contribution is 2.27. The van der Waals surface area contributed by atoms with Crippen LogP contribution in [-0.4, -0.2) is 17.6 Å². The van der Waals surface area contributed by atoms with Crippen molar-refractivity contribution in [1.29, 1.82) is 0 Å². The van der Waals surface area contributed by atoms with Gasteiger partial charge in [0, 0.05) is 18.7 Å². The highest BCUT2D eigenvalue weighted by Gasteiger charge is 2.21. The van der Waals surface area contributed by atoms with E-state index < -0.39 is 0 Å². The number of hydrogen-bond donors (Lipinski definition) is 2. The molecule has 0 fully saturated rings. The van der Waals surface area contributed by atoms with Gasteiger partial charge < -0.3 is 15.7 Å². The van der Waals surface area contributed by atoms with Crippen LogP contribution in [0, 0.1) is 0 Å². The van der Waals surface area contributed by atoms with Gasteiger partial charge in [-0.3, -0.25) is 4.79 Å². The monoisotopic (exact) mass is 296 g/mol. The molecule has 22 heavy (non-hydrogen) atoms. The fraction of sp³-hybridized carbons (Fsp3) is 0.278. The van der Waals surface area contributed by atoms with Crippen LogP contribution in [0.4, 0.5) is 11.4 Å². The molecule has 0 saturated heterocycles. The third-order valence-electron chi connectivity index (χ3n) is 4.13. The number of nitrogens with zero attached hydrogens (tertiary/aromatic N) is 1. The first-order chi connectivity index (χ1) is 10.6. The summed E-state index contributed by atoms with van der Waals surface area (Å²) in [6.45, 7) is 0.785. The van der Waals surface area contributed by atoms with Gasteiger partial charge in [0.05, 0.1) is 5.69 Å². The van der Waals surface area contributed by atoms with E-state index in [9.17, 15) is 9.90 Å². The summed E-state index contributed by atoms with van der Waals surface area (Å²) in [7, 11) is 0. The normalized spacial score (nSPS) is 13.7. The Bertz CT molecular complexity index is 697. The molecular formula is C18H20N2O2. The highest BCUT2D eigenvalue weighted by molar-refractivity contribution is 5.94. The van der Waals surface area contributed by atoms with Crippen molar-refractivity contribution in [3.05, 3.63) is 53.6 Å². The number of carbonyl (C=O) groups excluding carboxylic acids is 1. The maximum absolute atomic E-state index is 12.5. The van der Waals surface area contributed by atoms with Crippen LogP contribution in [0.3, 0.4) is 0 Å². The molecule has 1 heterocycles. The lowest BCUT2D eigenvalue weighted by Gasteiger charge is -2.29. The van der Waals surface area contributed by atoms with Gasteiger partial charge in [-0.2, -0.15) is 0 Å². The fourth-order valence-corrected chi connectivity index (χ4v) is 2.94. The molecule has 0 bridgehead atoms. The molecule has 0 radical (unpaired) electrons. The Morgan fingerprint density at radius 1 is 1.23 bits per heavy atom. The van der Waals surface area contributed by atoms with Crippen molar-refractivity contribution in [3.63, 3.8) is 0 Å². The molecule has 2 aromatic carbocycles. The van der Waals surface area contributed by atoms with E-state index in [1.165, 1.54) is 5.56 Å². The minimum absolute atomic E-state index is 0.0834. The zero-order valence-electron chi connectivity index (χ0n) is 12.5. The van der Waals surface area contributed by atoms with Gasteiger partial charge in [-0.25, -0.2) is 0 Å². The molecule has 0 saturated carbocycles. The molecule has 3 rings (SSSR count). The summed E-state index contributed by atoms with van der Waals surface area (Å²) in [5.74, 6) is 0.221. The Kier molecular flexibility index (Phi) is 4.00. The molecular weight excluding hydrogens is 276 g/mol. The number of anilines is 2. The summed E-state index contributed by atoms with van der Waals surface area (Å²) in [6, 6.07) is 13.2. The van der Waals surface area contributed by atoms with Crippen molar-refractivity contribution < 1.29 is 9.90 Å². The molecule has 1 amide bonds. The predicted molar refractivity (Wildman–Crippen MR) is 88.0 cm³/mol. The van der Waals surface area contributed by atoms with Crippen LogP contribution in [0.25, 0.3) is 0 Å². The zero-order valence-corrected chi connectivity index (χ0v) is 12.5. The quantitative estimate of drug-likeness (QED) is 0.676. The van der Waals surface area contributed by atoms with Crippen molar-refractivity contribution in [2.45, 2.75) is 25.7 Å². The smallest absolute Gasteiger partial charge is 0.227 e. The Hall–Kier alpha value is -2.49. The van der Waals surface area contributed by atoms with E-state index >= 15 is 0 Å². The average Bonchev–Trinajstić information content (AvgIpc) is 2.55. The number of phenols is 1. The topological polar surface area (TPSA) is 66.6 Å². The van der Waals surface area contributed by atoms with Crippen LogP contribution >= 0.6 is 0 Å². The Balaban J connectivity index is 1.69. The molecule has 114 valence electrons. The molecule has 0 unspecified atom stereocenters. The molecule has 0 spiro atoms. The van der Waals surface area contributed by atoms with E-state index in [0.717, 1.165) is 30.6 Å². The van der Waals surface area contributed by atoms with Gasteiger partial charge in [-0.15, -0.1) is 0 Å². The van der Waals surface area contributed by atoms with Gasteiger partial charge in [-0.1, -0.05) is 24.3 Å². The number of aromatic hydroxyl groups is 1. The van der Waals surface area contributed by atoms with Gasteiger partial charge in [0.1, 0.15) is 5.75 Å². The summed E-state index contributed by atoms with van der Waals surface area (Å²) < 4.78 is 0. The maximum Gasteiger partial charge on any atom is 0.227 e. The summed E-state index contributed by atoms with van der Waals surface area (Å²) >= 11 is 0.